The molecule has 5 heteroatoms. The van der Waals surface area contributed by atoms with Gasteiger partial charge in [0.2, 0.25) is 0 Å². The van der Waals surface area contributed by atoms with Crippen molar-refractivity contribution < 1.29 is 9.90 Å². The van der Waals surface area contributed by atoms with Crippen molar-refractivity contribution in [1.29, 1.82) is 0 Å². The summed E-state index contributed by atoms with van der Waals surface area (Å²) >= 11 is 0. The zero-order valence-corrected chi connectivity index (χ0v) is 8.60. The molecule has 0 saturated carbocycles. The number of aromatic hydroxyl groups is 1. The monoisotopic (exact) mass is 218 g/mol. The Bertz CT molecular complexity index is 643. The van der Waals surface area contributed by atoms with Crippen molar-refractivity contribution in [3.8, 4) is 5.75 Å². The first kappa shape index (κ1) is 10.2. The Morgan fingerprint density at radius 2 is 2.00 bits per heavy atom. The number of amides is 1. The summed E-state index contributed by atoms with van der Waals surface area (Å²) in [6, 6.07) is 6.76. The van der Waals surface area contributed by atoms with Crippen LogP contribution >= 0.6 is 0 Å². The smallest absolute Gasteiger partial charge is 0.293 e. The van der Waals surface area contributed by atoms with Crippen LogP contribution < -0.4 is 11.3 Å². The van der Waals surface area contributed by atoms with Gasteiger partial charge in [0.05, 0.1) is 11.1 Å². The molecule has 0 aliphatic carbocycles. The van der Waals surface area contributed by atoms with E-state index in [1.807, 2.05) is 0 Å². The Morgan fingerprint density at radius 1 is 1.38 bits per heavy atom. The van der Waals surface area contributed by atoms with Gasteiger partial charge in [-0.3, -0.25) is 9.59 Å². The zero-order valence-electron chi connectivity index (χ0n) is 8.60. The maximum absolute atomic E-state index is 11.6. The van der Waals surface area contributed by atoms with Gasteiger partial charge in [-0.1, -0.05) is 18.2 Å². The van der Waals surface area contributed by atoms with Crippen LogP contribution in [-0.2, 0) is 7.05 Å². The van der Waals surface area contributed by atoms with Gasteiger partial charge in [-0.2, -0.15) is 0 Å². The average molecular weight is 218 g/mol. The molecule has 0 radical (unpaired) electrons. The molecule has 0 fully saturated rings. The lowest BCUT2D eigenvalue weighted by atomic mass is 10.1. The number of benzene rings is 1. The van der Waals surface area contributed by atoms with E-state index in [4.69, 9.17) is 5.73 Å². The highest BCUT2D eigenvalue weighted by molar-refractivity contribution is 6.07. The first-order chi connectivity index (χ1) is 7.54. The molecular formula is C11H10N2O3. The van der Waals surface area contributed by atoms with Crippen LogP contribution in [-0.4, -0.2) is 15.6 Å². The van der Waals surface area contributed by atoms with Crippen molar-refractivity contribution in [3.05, 3.63) is 40.2 Å². The largest absolute Gasteiger partial charge is 0.502 e. The number of pyridine rings is 1. The van der Waals surface area contributed by atoms with E-state index in [0.717, 1.165) is 0 Å². The Labute approximate surface area is 90.7 Å². The quantitative estimate of drug-likeness (QED) is 0.723. The van der Waals surface area contributed by atoms with E-state index in [-0.39, 0.29) is 5.56 Å². The lowest BCUT2D eigenvalue weighted by Crippen LogP contribution is -2.22. The number of para-hydroxylation sites is 1. The van der Waals surface area contributed by atoms with Crippen LogP contribution in [0.25, 0.3) is 10.9 Å². The molecule has 2 aromatic rings. The zero-order chi connectivity index (χ0) is 11.9. The number of aryl methyl sites for hydroxylation is 1. The summed E-state index contributed by atoms with van der Waals surface area (Å²) in [6.45, 7) is 0. The van der Waals surface area contributed by atoms with Crippen LogP contribution in [0.15, 0.2) is 29.1 Å². The van der Waals surface area contributed by atoms with Gasteiger partial charge >= 0.3 is 0 Å². The molecule has 82 valence electrons. The van der Waals surface area contributed by atoms with Gasteiger partial charge in [0.1, 0.15) is 0 Å². The highest BCUT2D eigenvalue weighted by Gasteiger charge is 2.17. The van der Waals surface area contributed by atoms with E-state index >= 15 is 0 Å². The molecule has 1 amide bonds. The molecular weight excluding hydrogens is 208 g/mol. The Morgan fingerprint density at radius 3 is 2.62 bits per heavy atom. The summed E-state index contributed by atoms with van der Waals surface area (Å²) in [6.07, 6.45) is 0. The first-order valence-electron chi connectivity index (χ1n) is 4.64. The number of primary amides is 1. The molecule has 16 heavy (non-hydrogen) atoms. The Hall–Kier alpha value is -2.30. The number of nitrogens with two attached hydrogens (primary N) is 1. The first-order valence-corrected chi connectivity index (χ1v) is 4.64. The molecule has 2 rings (SSSR count). The Kier molecular flexibility index (Phi) is 2.16. The molecule has 0 atom stereocenters. The van der Waals surface area contributed by atoms with Crippen molar-refractivity contribution in [2.75, 3.05) is 0 Å². The fraction of sp³-hybridized carbons (Fsp3) is 0.0909. The minimum absolute atomic E-state index is 0.126. The van der Waals surface area contributed by atoms with Gasteiger partial charge < -0.3 is 15.4 Å². The second kappa shape index (κ2) is 3.37. The molecule has 0 spiro atoms. The minimum Gasteiger partial charge on any atom is -0.502 e. The van der Waals surface area contributed by atoms with Crippen LogP contribution in [0.1, 0.15) is 10.4 Å². The minimum atomic E-state index is -0.814. The van der Waals surface area contributed by atoms with Crippen LogP contribution in [0, 0.1) is 0 Å². The molecule has 0 aliphatic heterocycles. The number of rotatable bonds is 1. The highest BCUT2D eigenvalue weighted by Crippen LogP contribution is 2.22. The maximum atomic E-state index is 11.6. The van der Waals surface area contributed by atoms with E-state index in [1.165, 1.54) is 11.6 Å². The second-order valence-corrected chi connectivity index (χ2v) is 3.47. The summed E-state index contributed by atoms with van der Waals surface area (Å²) in [5.41, 5.74) is 4.95. The fourth-order valence-electron chi connectivity index (χ4n) is 1.73. The summed E-state index contributed by atoms with van der Waals surface area (Å²) in [7, 11) is 1.52. The number of hydrogen-bond donors (Lipinski definition) is 2. The summed E-state index contributed by atoms with van der Waals surface area (Å²) in [5.74, 6) is -1.42. The van der Waals surface area contributed by atoms with Gasteiger partial charge in [-0.05, 0) is 6.07 Å². The summed E-state index contributed by atoms with van der Waals surface area (Å²) in [4.78, 5) is 22.8. The molecule has 1 heterocycles. The van der Waals surface area contributed by atoms with E-state index < -0.39 is 17.2 Å². The SMILES string of the molecule is Cn1c(=O)c(O)c(C(N)=O)c2ccccc21. The van der Waals surface area contributed by atoms with Gasteiger partial charge in [0, 0.05) is 12.4 Å². The molecule has 0 aliphatic rings. The third-order valence-electron chi connectivity index (χ3n) is 2.53. The topological polar surface area (TPSA) is 85.3 Å². The van der Waals surface area contributed by atoms with Gasteiger partial charge in [-0.15, -0.1) is 0 Å². The van der Waals surface area contributed by atoms with E-state index in [0.29, 0.717) is 10.9 Å². The molecule has 5 nitrogen and oxygen atoms in total. The third kappa shape index (κ3) is 1.25. The fourth-order valence-corrected chi connectivity index (χ4v) is 1.73. The van der Waals surface area contributed by atoms with Gasteiger partial charge in [0.25, 0.3) is 11.5 Å². The van der Waals surface area contributed by atoms with Crippen LogP contribution in [0.2, 0.25) is 0 Å². The average Bonchev–Trinajstić information content (AvgIpc) is 2.26. The van der Waals surface area contributed by atoms with Crippen molar-refractivity contribution >= 4 is 16.8 Å². The van der Waals surface area contributed by atoms with Crippen LogP contribution in [0.4, 0.5) is 0 Å². The number of aromatic nitrogens is 1. The van der Waals surface area contributed by atoms with Crippen LogP contribution in [0.5, 0.6) is 5.75 Å². The summed E-state index contributed by atoms with van der Waals surface area (Å²) in [5, 5.41) is 10.1. The normalized spacial score (nSPS) is 10.6. The standard InChI is InChI=1S/C11H10N2O3/c1-13-7-5-3-2-4-6(7)8(10(12)15)9(14)11(13)16/h2-5,14H,1H3,(H2,12,15). The van der Waals surface area contributed by atoms with Crippen molar-refractivity contribution in [1.82, 2.24) is 4.57 Å². The number of nitrogens with zero attached hydrogens (tertiary/aromatic N) is 1. The molecule has 0 saturated heterocycles. The van der Waals surface area contributed by atoms with E-state index in [9.17, 15) is 14.7 Å². The molecule has 1 aromatic heterocycles. The predicted molar refractivity (Wildman–Crippen MR) is 59.4 cm³/mol. The second-order valence-electron chi connectivity index (χ2n) is 3.47. The van der Waals surface area contributed by atoms with E-state index in [2.05, 4.69) is 0 Å². The maximum Gasteiger partial charge on any atom is 0.293 e. The molecule has 0 unspecified atom stereocenters. The Balaban J connectivity index is 3.10. The van der Waals surface area contributed by atoms with E-state index in [1.54, 1.807) is 24.3 Å². The molecule has 1 aromatic carbocycles. The van der Waals surface area contributed by atoms with Crippen molar-refractivity contribution in [2.45, 2.75) is 0 Å². The van der Waals surface area contributed by atoms with Crippen molar-refractivity contribution in [3.63, 3.8) is 0 Å². The van der Waals surface area contributed by atoms with Crippen molar-refractivity contribution in [2.24, 2.45) is 12.8 Å². The number of carbonyl (C=O) groups excluding carboxylic acids is 1. The summed E-state index contributed by atoms with van der Waals surface area (Å²) < 4.78 is 1.27. The molecule has 3 N–H and O–H groups in total. The third-order valence-corrected chi connectivity index (χ3v) is 2.53. The lowest BCUT2D eigenvalue weighted by molar-refractivity contribution is 0.0999. The number of carbonyl (C=O) groups is 1. The van der Waals surface area contributed by atoms with Gasteiger partial charge in [-0.25, -0.2) is 0 Å². The lowest BCUT2D eigenvalue weighted by Gasteiger charge is -2.09. The predicted octanol–water partition coefficient (Wildman–Crippen LogP) is 0.343. The molecule has 0 bridgehead atoms. The number of hydrogen-bond acceptors (Lipinski definition) is 3. The van der Waals surface area contributed by atoms with Gasteiger partial charge in [0.15, 0.2) is 5.75 Å². The number of fused-ring (bicyclic) bond motifs is 1. The highest BCUT2D eigenvalue weighted by atomic mass is 16.3. The van der Waals surface area contributed by atoms with Crippen LogP contribution in [0.3, 0.4) is 0 Å².